The van der Waals surface area contributed by atoms with Gasteiger partial charge >= 0.3 is 0 Å². The van der Waals surface area contributed by atoms with E-state index in [0.717, 1.165) is 0 Å². The Bertz CT molecular complexity index is 1290. The van der Waals surface area contributed by atoms with Crippen LogP contribution in [-0.2, 0) is 0 Å². The van der Waals surface area contributed by atoms with Crippen LogP contribution in [0.2, 0.25) is 0 Å². The lowest BCUT2D eigenvalue weighted by molar-refractivity contribution is 1.30. The Balaban J connectivity index is 1.14. The van der Waals surface area contributed by atoms with Crippen molar-refractivity contribution < 1.29 is 0 Å². The van der Waals surface area contributed by atoms with Crippen molar-refractivity contribution in [3.63, 3.8) is 0 Å². The van der Waals surface area contributed by atoms with Crippen molar-refractivity contribution in [1.82, 2.24) is 0 Å². The van der Waals surface area contributed by atoms with Gasteiger partial charge in [0.25, 0.3) is 0 Å². The van der Waals surface area contributed by atoms with Gasteiger partial charge in [-0.05, 0) is 167 Å². The average molecular weight is 763 g/mol. The van der Waals surface area contributed by atoms with Crippen molar-refractivity contribution in [2.75, 3.05) is 0 Å². The minimum absolute atomic E-state index is 1.25. The van der Waals surface area contributed by atoms with E-state index in [2.05, 4.69) is 167 Å². The molecule has 0 nitrogen and oxygen atoms in total. The van der Waals surface area contributed by atoms with E-state index in [1.165, 1.54) is 46.3 Å². The Labute approximate surface area is 257 Å². The van der Waals surface area contributed by atoms with Gasteiger partial charge in [-0.3, -0.25) is 0 Å². The molecular formula is C30H20I2S4. The molecule has 0 saturated heterocycles. The summed E-state index contributed by atoms with van der Waals surface area (Å²) in [6, 6.07) is 43.8. The van der Waals surface area contributed by atoms with Gasteiger partial charge in [-0.25, -0.2) is 0 Å². The molecule has 0 amide bonds. The SMILES string of the molecule is Ic1ccc(Sc2ccc(Sc3ccc(Sc4ccc(Sc5ccc(I)cc5)cc4)cc3)cc2)cc1. The second-order valence-corrected chi connectivity index (χ2v) is 14.8. The number of rotatable bonds is 8. The fraction of sp³-hybridized carbons (Fsp3) is 0. The summed E-state index contributed by atoms with van der Waals surface area (Å²) >= 11 is 11.9. The highest BCUT2D eigenvalue weighted by Gasteiger charge is 2.04. The third-order valence-corrected chi connectivity index (χ3v) is 10.5. The highest BCUT2D eigenvalue weighted by atomic mass is 127. The third-order valence-electron chi connectivity index (χ3n) is 5.04. The first kappa shape index (κ1) is 26.6. The Hall–Kier alpha value is -1.04. The van der Waals surface area contributed by atoms with Crippen molar-refractivity contribution in [3.05, 3.63) is 128 Å². The van der Waals surface area contributed by atoms with E-state index in [-0.39, 0.29) is 0 Å². The second kappa shape index (κ2) is 13.2. The summed E-state index contributed by atoms with van der Waals surface area (Å²) in [6.45, 7) is 0. The number of halogens is 2. The first-order chi connectivity index (χ1) is 17.6. The van der Waals surface area contributed by atoms with E-state index in [1.54, 1.807) is 47.0 Å². The summed E-state index contributed by atoms with van der Waals surface area (Å²) in [5.74, 6) is 0. The van der Waals surface area contributed by atoms with E-state index >= 15 is 0 Å². The summed E-state index contributed by atoms with van der Waals surface area (Å²) in [4.78, 5) is 10.1. The monoisotopic (exact) mass is 762 g/mol. The van der Waals surface area contributed by atoms with Crippen LogP contribution in [0.15, 0.2) is 160 Å². The van der Waals surface area contributed by atoms with Crippen molar-refractivity contribution in [2.45, 2.75) is 39.2 Å². The lowest BCUT2D eigenvalue weighted by Crippen LogP contribution is -1.79. The quantitative estimate of drug-likeness (QED) is 0.144. The molecule has 5 aromatic rings. The summed E-state index contributed by atoms with van der Waals surface area (Å²) < 4.78 is 2.53. The van der Waals surface area contributed by atoms with Crippen molar-refractivity contribution >= 4 is 92.2 Å². The molecular weight excluding hydrogens is 742 g/mol. The molecule has 0 atom stereocenters. The van der Waals surface area contributed by atoms with Crippen molar-refractivity contribution in [1.29, 1.82) is 0 Å². The van der Waals surface area contributed by atoms with E-state index in [1.807, 2.05) is 0 Å². The average Bonchev–Trinajstić information content (AvgIpc) is 2.90. The molecule has 0 aliphatic heterocycles. The first-order valence-corrected chi connectivity index (χ1v) is 16.5. The predicted octanol–water partition coefficient (Wildman–Crippen LogP) is 11.5. The maximum absolute atomic E-state index is 2.34. The highest BCUT2D eigenvalue weighted by Crippen LogP contribution is 2.35. The summed E-state index contributed by atoms with van der Waals surface area (Å²) in [5.41, 5.74) is 0. The van der Waals surface area contributed by atoms with Crippen LogP contribution in [0, 0.1) is 7.14 Å². The molecule has 0 N–H and O–H groups in total. The van der Waals surface area contributed by atoms with Gasteiger partial charge in [0, 0.05) is 46.3 Å². The Kier molecular flexibility index (Phi) is 9.71. The summed E-state index contributed by atoms with van der Waals surface area (Å²) in [7, 11) is 0. The van der Waals surface area contributed by atoms with Crippen LogP contribution in [0.25, 0.3) is 0 Å². The molecule has 0 radical (unpaired) electrons. The zero-order valence-corrected chi connectivity index (χ0v) is 26.5. The molecule has 178 valence electrons. The molecule has 0 saturated carbocycles. The predicted molar refractivity (Wildman–Crippen MR) is 174 cm³/mol. The maximum Gasteiger partial charge on any atom is 0.0131 e. The molecule has 5 aromatic carbocycles. The van der Waals surface area contributed by atoms with Gasteiger partial charge in [0.2, 0.25) is 0 Å². The normalized spacial score (nSPS) is 10.9. The minimum Gasteiger partial charge on any atom is -0.0901 e. The van der Waals surface area contributed by atoms with Gasteiger partial charge < -0.3 is 0 Å². The zero-order chi connectivity index (χ0) is 24.7. The molecule has 0 aromatic heterocycles. The van der Waals surface area contributed by atoms with Crippen LogP contribution in [0.4, 0.5) is 0 Å². The van der Waals surface area contributed by atoms with Crippen LogP contribution in [-0.4, -0.2) is 0 Å². The lowest BCUT2D eigenvalue weighted by Gasteiger charge is -2.07. The van der Waals surface area contributed by atoms with E-state index in [9.17, 15) is 0 Å². The molecule has 6 heteroatoms. The molecule has 0 aliphatic rings. The number of hydrogen-bond donors (Lipinski definition) is 0. The van der Waals surface area contributed by atoms with Gasteiger partial charge in [-0.2, -0.15) is 0 Å². The first-order valence-electron chi connectivity index (χ1n) is 11.1. The number of benzene rings is 5. The van der Waals surface area contributed by atoms with Crippen LogP contribution >= 0.6 is 92.2 Å². The molecule has 36 heavy (non-hydrogen) atoms. The molecule has 0 aliphatic carbocycles. The van der Waals surface area contributed by atoms with Crippen LogP contribution < -0.4 is 0 Å². The van der Waals surface area contributed by atoms with Crippen molar-refractivity contribution in [3.8, 4) is 0 Å². The molecule has 0 bridgehead atoms. The van der Waals surface area contributed by atoms with Crippen LogP contribution in [0.1, 0.15) is 0 Å². The third kappa shape index (κ3) is 7.98. The molecule has 0 heterocycles. The fourth-order valence-corrected chi connectivity index (χ4v) is 7.26. The lowest BCUT2D eigenvalue weighted by atomic mass is 10.4. The fourth-order valence-electron chi connectivity index (χ4n) is 3.28. The number of hydrogen-bond acceptors (Lipinski definition) is 4. The molecule has 5 rings (SSSR count). The topological polar surface area (TPSA) is 0 Å². The Morgan fingerprint density at radius 1 is 0.250 bits per heavy atom. The van der Waals surface area contributed by atoms with Gasteiger partial charge in [0.15, 0.2) is 0 Å². The van der Waals surface area contributed by atoms with Gasteiger partial charge in [-0.15, -0.1) is 0 Å². The van der Waals surface area contributed by atoms with Gasteiger partial charge in [-0.1, -0.05) is 47.0 Å². The van der Waals surface area contributed by atoms with Crippen LogP contribution in [0.5, 0.6) is 0 Å². The van der Waals surface area contributed by atoms with E-state index in [0.29, 0.717) is 0 Å². The Morgan fingerprint density at radius 3 is 0.556 bits per heavy atom. The minimum atomic E-state index is 1.25. The summed E-state index contributed by atoms with van der Waals surface area (Å²) in [5, 5.41) is 0. The van der Waals surface area contributed by atoms with Crippen molar-refractivity contribution in [2.24, 2.45) is 0 Å². The zero-order valence-electron chi connectivity index (χ0n) is 18.9. The van der Waals surface area contributed by atoms with Crippen LogP contribution in [0.3, 0.4) is 0 Å². The second-order valence-electron chi connectivity index (χ2n) is 7.73. The van der Waals surface area contributed by atoms with E-state index in [4.69, 9.17) is 0 Å². The smallest absolute Gasteiger partial charge is 0.0131 e. The van der Waals surface area contributed by atoms with Gasteiger partial charge in [0.05, 0.1) is 0 Å². The maximum atomic E-state index is 2.34. The Morgan fingerprint density at radius 2 is 0.389 bits per heavy atom. The van der Waals surface area contributed by atoms with E-state index < -0.39 is 0 Å². The summed E-state index contributed by atoms with van der Waals surface area (Å²) in [6.07, 6.45) is 0. The largest absolute Gasteiger partial charge is 0.0901 e. The standard InChI is InChI=1S/C30H20I2S4/c31-21-1-5-23(6-2-21)33-25-9-13-27(14-10-25)35-29-17-19-30(20-18-29)36-28-15-11-26(12-16-28)34-24-7-3-22(32)4-8-24/h1-20H. The molecule has 0 spiro atoms. The van der Waals surface area contributed by atoms with Gasteiger partial charge in [0.1, 0.15) is 0 Å². The molecule has 0 fully saturated rings. The molecule has 0 unspecified atom stereocenters. The highest BCUT2D eigenvalue weighted by molar-refractivity contribution is 14.1.